The number of benzene rings is 2. The first-order valence-corrected chi connectivity index (χ1v) is 14.7. The van der Waals surface area contributed by atoms with Crippen molar-refractivity contribution < 1.29 is 36.9 Å². The fourth-order valence-electron chi connectivity index (χ4n) is 5.13. The molecule has 0 bridgehead atoms. The molecule has 1 radical (unpaired) electrons. The standard InChI is InChI=1S/2C18H17N3O2.Cu/c2*1-12(15-7-4-5-9-19-15)21-17(18(22)23)10-13-11-20-16-8-3-2-6-14(13)16;/h2*2-9,11,17,20H,10H2,1H3,(H,22,23);/q;;+2/p-2/t2*17-;/m00./s1. The monoisotopic (exact) mass is 675 g/mol. The Hall–Kier alpha value is -5.38. The molecular weight excluding hydrogens is 644 g/mol. The van der Waals surface area contributed by atoms with Gasteiger partial charge in [0.25, 0.3) is 0 Å². The number of fused-ring (bicyclic) bond motifs is 2. The summed E-state index contributed by atoms with van der Waals surface area (Å²) in [5, 5.41) is 25.0. The van der Waals surface area contributed by atoms with Gasteiger partial charge in [-0.15, -0.1) is 0 Å². The molecule has 10 nitrogen and oxygen atoms in total. The van der Waals surface area contributed by atoms with Crippen molar-refractivity contribution in [3.8, 4) is 0 Å². The van der Waals surface area contributed by atoms with Crippen molar-refractivity contribution in [2.45, 2.75) is 38.8 Å². The molecule has 0 unspecified atom stereocenters. The molecule has 4 heterocycles. The van der Waals surface area contributed by atoms with Crippen molar-refractivity contribution in [2.75, 3.05) is 0 Å². The van der Waals surface area contributed by atoms with Crippen molar-refractivity contribution in [3.63, 3.8) is 0 Å². The van der Waals surface area contributed by atoms with Crippen LogP contribution in [0.1, 0.15) is 36.4 Å². The molecule has 0 amide bonds. The van der Waals surface area contributed by atoms with Crippen molar-refractivity contribution in [2.24, 2.45) is 9.98 Å². The van der Waals surface area contributed by atoms with Gasteiger partial charge in [-0.1, -0.05) is 48.5 Å². The van der Waals surface area contributed by atoms with Crippen LogP contribution in [0.5, 0.6) is 0 Å². The molecule has 6 rings (SSSR count). The Kier molecular flexibility index (Phi) is 11.9. The van der Waals surface area contributed by atoms with E-state index >= 15 is 0 Å². The Morgan fingerprint density at radius 2 is 1.02 bits per heavy atom. The van der Waals surface area contributed by atoms with Crippen LogP contribution in [0.4, 0.5) is 0 Å². The van der Waals surface area contributed by atoms with Gasteiger partial charge in [0.15, 0.2) is 0 Å². The number of pyridine rings is 2. The van der Waals surface area contributed by atoms with Crippen LogP contribution in [-0.2, 0) is 39.5 Å². The van der Waals surface area contributed by atoms with E-state index in [1.54, 1.807) is 50.5 Å². The van der Waals surface area contributed by atoms with Gasteiger partial charge in [-0.2, -0.15) is 0 Å². The average Bonchev–Trinajstić information content (AvgIpc) is 3.69. The molecule has 6 aromatic rings. The number of rotatable bonds is 10. The minimum Gasteiger partial charge on any atom is -0.548 e. The summed E-state index contributed by atoms with van der Waals surface area (Å²) in [5.41, 5.74) is 6.27. The van der Waals surface area contributed by atoms with E-state index in [1.807, 2.05) is 73.1 Å². The summed E-state index contributed by atoms with van der Waals surface area (Å²) >= 11 is 0. The third kappa shape index (κ3) is 8.88. The van der Waals surface area contributed by atoms with Crippen LogP contribution < -0.4 is 10.2 Å². The zero-order valence-corrected chi connectivity index (χ0v) is 26.6. The number of carboxylic acid groups (broad SMARTS) is 2. The number of carboxylic acids is 2. The van der Waals surface area contributed by atoms with Crippen LogP contribution >= 0.6 is 0 Å². The topological polar surface area (TPSA) is 162 Å². The number of aliphatic imine (C=N–C) groups is 2. The number of nitrogens with one attached hydrogen (secondary N) is 2. The van der Waals surface area contributed by atoms with Crippen molar-refractivity contribution in [3.05, 3.63) is 132 Å². The molecule has 0 aliphatic carbocycles. The number of hydrogen-bond acceptors (Lipinski definition) is 8. The first kappa shape index (κ1) is 34.5. The molecule has 11 heteroatoms. The van der Waals surface area contributed by atoms with E-state index in [4.69, 9.17) is 0 Å². The normalized spacial score (nSPS) is 12.9. The van der Waals surface area contributed by atoms with Gasteiger partial charge >= 0.3 is 17.1 Å². The van der Waals surface area contributed by atoms with E-state index in [0.29, 0.717) is 22.8 Å². The van der Waals surface area contributed by atoms with Crippen LogP contribution in [0.15, 0.2) is 120 Å². The molecule has 2 aromatic carbocycles. The van der Waals surface area contributed by atoms with Crippen molar-refractivity contribution in [1.29, 1.82) is 0 Å². The van der Waals surface area contributed by atoms with Crippen LogP contribution in [0.3, 0.4) is 0 Å². The van der Waals surface area contributed by atoms with Gasteiger partial charge in [0.2, 0.25) is 0 Å². The predicted molar refractivity (Wildman–Crippen MR) is 174 cm³/mol. The van der Waals surface area contributed by atoms with E-state index in [0.717, 1.165) is 32.9 Å². The number of hydrogen-bond donors (Lipinski definition) is 2. The fourth-order valence-corrected chi connectivity index (χ4v) is 5.13. The minimum atomic E-state index is -1.19. The third-order valence-corrected chi connectivity index (χ3v) is 7.49. The fraction of sp³-hybridized carbons (Fsp3) is 0.167. The number of para-hydroxylation sites is 2. The molecule has 0 fully saturated rings. The number of aromatic amines is 2. The van der Waals surface area contributed by atoms with E-state index in [9.17, 15) is 19.8 Å². The average molecular weight is 676 g/mol. The Morgan fingerprint density at radius 1 is 0.638 bits per heavy atom. The summed E-state index contributed by atoms with van der Waals surface area (Å²) in [4.78, 5) is 46.2. The molecule has 47 heavy (non-hydrogen) atoms. The Morgan fingerprint density at radius 3 is 1.38 bits per heavy atom. The number of carbonyl (C=O) groups is 2. The zero-order valence-electron chi connectivity index (χ0n) is 25.7. The number of carbonyl (C=O) groups excluding carboxylic acids is 2. The van der Waals surface area contributed by atoms with Crippen LogP contribution in [-0.4, -0.2) is 55.4 Å². The number of aromatic nitrogens is 4. The number of H-pyrrole nitrogens is 2. The van der Waals surface area contributed by atoms with Crippen LogP contribution in [0.25, 0.3) is 21.8 Å². The first-order valence-electron chi connectivity index (χ1n) is 14.7. The van der Waals surface area contributed by atoms with Gasteiger partial charge in [0.05, 0.1) is 46.8 Å². The third-order valence-electron chi connectivity index (χ3n) is 7.49. The van der Waals surface area contributed by atoms with Gasteiger partial charge < -0.3 is 29.8 Å². The van der Waals surface area contributed by atoms with E-state index in [-0.39, 0.29) is 29.9 Å². The summed E-state index contributed by atoms with van der Waals surface area (Å²) in [6.07, 6.45) is 7.51. The molecule has 4 aromatic heterocycles. The second kappa shape index (κ2) is 16.3. The molecule has 2 atom stereocenters. The van der Waals surface area contributed by atoms with E-state index in [1.165, 1.54) is 0 Å². The van der Waals surface area contributed by atoms with E-state index < -0.39 is 24.0 Å². The molecule has 0 saturated heterocycles. The maximum atomic E-state index is 11.5. The van der Waals surface area contributed by atoms with Crippen molar-refractivity contribution in [1.82, 2.24) is 19.9 Å². The van der Waals surface area contributed by atoms with Gasteiger partial charge in [0, 0.05) is 59.4 Å². The van der Waals surface area contributed by atoms with E-state index in [2.05, 4.69) is 29.9 Å². The van der Waals surface area contributed by atoms with Gasteiger partial charge in [-0.05, 0) is 61.4 Å². The Balaban J connectivity index is 0.000000208. The number of aliphatic carboxylic acids is 2. The maximum Gasteiger partial charge on any atom is 2.00 e. The molecule has 241 valence electrons. The summed E-state index contributed by atoms with van der Waals surface area (Å²) < 4.78 is 0. The molecule has 0 spiro atoms. The second-order valence-corrected chi connectivity index (χ2v) is 10.7. The Labute approximate surface area is 282 Å². The summed E-state index contributed by atoms with van der Waals surface area (Å²) in [7, 11) is 0. The predicted octanol–water partition coefficient (Wildman–Crippen LogP) is 3.46. The SMILES string of the molecule is CC(=N[C@@H](Cc1c[nH]c2ccccc12)C(=O)[O-])c1ccccn1.CC(=N[C@@H](Cc1c[nH]c2ccccc12)C(=O)[O-])c1ccccn1.[Cu+2]. The summed E-state index contributed by atoms with van der Waals surface area (Å²) in [6, 6.07) is 24.6. The Bertz CT molecular complexity index is 1860. The molecule has 0 saturated carbocycles. The van der Waals surface area contributed by atoms with Gasteiger partial charge in [-0.25, -0.2) is 0 Å². The quantitative estimate of drug-likeness (QED) is 0.167. The summed E-state index contributed by atoms with van der Waals surface area (Å²) in [6.45, 7) is 3.51. The van der Waals surface area contributed by atoms with Crippen molar-refractivity contribution >= 4 is 45.2 Å². The number of nitrogens with zero attached hydrogens (tertiary/aromatic N) is 4. The largest absolute Gasteiger partial charge is 2.00 e. The van der Waals surface area contributed by atoms with Gasteiger partial charge in [0.1, 0.15) is 0 Å². The molecule has 0 aliphatic rings. The molecule has 2 N–H and O–H groups in total. The van der Waals surface area contributed by atoms with Crippen LogP contribution in [0.2, 0.25) is 0 Å². The molecular formula is C36H32CuN6O4. The zero-order chi connectivity index (χ0) is 32.5. The molecule has 0 aliphatic heterocycles. The smallest absolute Gasteiger partial charge is 0.548 e. The second-order valence-electron chi connectivity index (χ2n) is 10.7. The van der Waals surface area contributed by atoms with Gasteiger partial charge in [-0.3, -0.25) is 20.0 Å². The minimum absolute atomic E-state index is 0. The first-order chi connectivity index (χ1) is 22.3. The summed E-state index contributed by atoms with van der Waals surface area (Å²) in [5.74, 6) is -2.38. The van der Waals surface area contributed by atoms with Crippen LogP contribution in [0, 0.1) is 0 Å². The maximum absolute atomic E-state index is 11.5.